The van der Waals surface area contributed by atoms with Crippen molar-refractivity contribution in [3.8, 4) is 0 Å². The van der Waals surface area contributed by atoms with E-state index in [2.05, 4.69) is 19.3 Å². The number of aliphatic carboxylic acids is 1. The van der Waals surface area contributed by atoms with Crippen LogP contribution in [0.4, 0.5) is 5.13 Å². The third kappa shape index (κ3) is 5.43. The van der Waals surface area contributed by atoms with Gasteiger partial charge in [-0.3, -0.25) is 9.35 Å². The molecule has 150 valence electrons. The monoisotopic (exact) mass is 425 g/mol. The predicted octanol–water partition coefficient (Wildman–Crippen LogP) is -0.0654. The summed E-state index contributed by atoms with van der Waals surface area (Å²) in [6.07, 6.45) is -0.438. The van der Waals surface area contributed by atoms with Crippen LogP contribution in [0.2, 0.25) is 0 Å². The summed E-state index contributed by atoms with van der Waals surface area (Å²) < 4.78 is 58.3. The van der Waals surface area contributed by atoms with Crippen LogP contribution in [-0.4, -0.2) is 64.3 Å². The molecule has 14 heteroatoms. The number of rotatable bonds is 9. The zero-order chi connectivity index (χ0) is 22.9. The van der Waals surface area contributed by atoms with Gasteiger partial charge in [0.15, 0.2) is 16.6 Å². The number of anilines is 1. The lowest BCUT2D eigenvalue weighted by Gasteiger charge is -2.52. The molecule has 2 heterocycles. The van der Waals surface area contributed by atoms with Crippen molar-refractivity contribution < 1.29 is 40.9 Å². The van der Waals surface area contributed by atoms with Gasteiger partial charge in [0.25, 0.3) is 0 Å². The first-order chi connectivity index (χ1) is 13.6. The molecule has 0 amide bonds. The molecule has 0 unspecified atom stereocenters. The van der Waals surface area contributed by atoms with E-state index in [-0.39, 0.29) is 23.1 Å². The molecule has 0 aromatic carbocycles. The van der Waals surface area contributed by atoms with Crippen LogP contribution >= 0.6 is 11.3 Å². The molecule has 0 radical (unpaired) electrons. The molecule has 27 heavy (non-hydrogen) atoms. The summed E-state index contributed by atoms with van der Waals surface area (Å²) in [5.74, 6) is -3.01. The maximum absolute atomic E-state index is 12.8. The van der Waals surface area contributed by atoms with E-state index in [0.717, 1.165) is 18.3 Å². The van der Waals surface area contributed by atoms with Gasteiger partial charge >= 0.3 is 16.4 Å². The van der Waals surface area contributed by atoms with E-state index < -0.39 is 53.5 Å². The molecule has 1 aliphatic rings. The number of carbonyl (C=O) groups is 2. The lowest BCUT2D eigenvalue weighted by atomic mass is 9.75. The summed E-state index contributed by atoms with van der Waals surface area (Å²) in [5.41, 5.74) is 3.25. The fraction of sp³-hybridized carbons (Fsp3) is 0.538. The maximum atomic E-state index is 12.8. The summed E-state index contributed by atoms with van der Waals surface area (Å²) in [6, 6.07) is 0. The third-order valence-corrected chi connectivity index (χ3v) is 4.73. The van der Waals surface area contributed by atoms with Crippen LogP contribution < -0.4 is 5.73 Å². The average molecular weight is 425 g/mol. The Hall–Kier alpha value is -2.13. The van der Waals surface area contributed by atoms with Crippen molar-refractivity contribution in [2.75, 3.05) is 18.9 Å². The van der Waals surface area contributed by atoms with Gasteiger partial charge in [-0.15, -0.1) is 11.3 Å². The summed E-state index contributed by atoms with van der Waals surface area (Å²) in [7, 11) is -4.97. The Morgan fingerprint density at radius 2 is 2.33 bits per heavy atom. The number of hydroxylamine groups is 2. The van der Waals surface area contributed by atoms with E-state index in [9.17, 15) is 18.0 Å². The second kappa shape index (κ2) is 7.85. The van der Waals surface area contributed by atoms with E-state index in [1.807, 2.05) is 0 Å². The summed E-state index contributed by atoms with van der Waals surface area (Å²) >= 11 is 0.988. The molecule has 1 aromatic rings. The molecule has 0 saturated carbocycles. The Bertz CT molecular complexity index is 964. The lowest BCUT2D eigenvalue weighted by molar-refractivity contribution is -0.233. The molecule has 4 N–H and O–H groups in total. The van der Waals surface area contributed by atoms with Crippen LogP contribution in [0.1, 0.15) is 30.0 Å². The Morgan fingerprint density at radius 3 is 2.85 bits per heavy atom. The average Bonchev–Trinajstić information content (AvgIpc) is 3.00. The fourth-order valence-electron chi connectivity index (χ4n) is 2.25. The lowest BCUT2D eigenvalue weighted by Crippen LogP contribution is -2.64. The number of hydrogen-bond donors (Lipinski definition) is 3. The van der Waals surface area contributed by atoms with Crippen molar-refractivity contribution in [3.63, 3.8) is 0 Å². The van der Waals surface area contributed by atoms with E-state index in [1.165, 1.54) is 5.38 Å². The number of Topliss-reactive ketones (excluding diaryl/α,β-unsaturated/α-hetero) is 1. The predicted molar refractivity (Wildman–Crippen MR) is 93.2 cm³/mol. The van der Waals surface area contributed by atoms with Crippen LogP contribution in [0.5, 0.6) is 0 Å². The number of nitrogen functional groups attached to an aromatic ring is 1. The Kier molecular flexibility index (Phi) is 4.95. The summed E-state index contributed by atoms with van der Waals surface area (Å²) in [6.45, 7) is -2.76. The second-order valence-electron chi connectivity index (χ2n) is 5.71. The standard InChI is InChI=1S/C13H18N4O8S2/c1-13(2)7(4-17(13)25-27(21,22)23)3-9(18)11(16-24-5-10(19)20)8-6-26-12(14)15-8/h6-7H,3-5H2,1-2H3,(H2,14,15)(H,19,20)(H,21,22,23)/b16-11-/t7-/m1/s1/i1D3/t7-,13-. The number of ketones is 1. The van der Waals surface area contributed by atoms with Gasteiger partial charge in [-0.1, -0.05) is 5.16 Å². The Morgan fingerprint density at radius 1 is 1.63 bits per heavy atom. The van der Waals surface area contributed by atoms with Gasteiger partial charge in [-0.05, 0) is 13.8 Å². The largest absolute Gasteiger partial charge is 0.479 e. The molecule has 2 rings (SSSR count). The summed E-state index contributed by atoms with van der Waals surface area (Å²) in [4.78, 5) is 31.9. The van der Waals surface area contributed by atoms with E-state index in [0.29, 0.717) is 5.06 Å². The van der Waals surface area contributed by atoms with Gasteiger partial charge in [-0.25, -0.2) is 9.78 Å². The maximum Gasteiger partial charge on any atom is 0.413 e. The molecular weight excluding hydrogens is 404 g/mol. The molecule has 12 nitrogen and oxygen atoms in total. The van der Waals surface area contributed by atoms with E-state index in [4.69, 9.17) is 19.5 Å². The van der Waals surface area contributed by atoms with Gasteiger partial charge in [0.05, 0.1) is 0 Å². The molecular formula is C13H18N4O8S2. The van der Waals surface area contributed by atoms with Crippen molar-refractivity contribution in [3.05, 3.63) is 11.1 Å². The number of thiazole rings is 1. The minimum absolute atomic E-state index is 0.00819. The first-order valence-corrected chi connectivity index (χ1v) is 9.50. The van der Waals surface area contributed by atoms with Crippen LogP contribution in [0.15, 0.2) is 10.5 Å². The minimum atomic E-state index is -4.97. The highest BCUT2D eigenvalue weighted by Gasteiger charge is 2.50. The number of carboxylic acid groups (broad SMARTS) is 1. The van der Waals surface area contributed by atoms with Crippen LogP contribution in [0.3, 0.4) is 0 Å². The zero-order valence-corrected chi connectivity index (χ0v) is 15.5. The first-order valence-electron chi connectivity index (χ1n) is 8.76. The first kappa shape index (κ1) is 17.0. The minimum Gasteiger partial charge on any atom is -0.479 e. The molecule has 1 aliphatic heterocycles. The topological polar surface area (TPSA) is 182 Å². The second-order valence-corrected chi connectivity index (χ2v) is 7.61. The van der Waals surface area contributed by atoms with Crippen LogP contribution in [0.25, 0.3) is 0 Å². The van der Waals surface area contributed by atoms with Crippen LogP contribution in [0, 0.1) is 5.92 Å². The number of oxime groups is 1. The molecule has 1 fully saturated rings. The van der Waals surface area contributed by atoms with Gasteiger partial charge in [0.1, 0.15) is 5.69 Å². The number of nitrogens with two attached hydrogens (primary N) is 1. The Labute approximate surface area is 162 Å². The van der Waals surface area contributed by atoms with Gasteiger partial charge < -0.3 is 15.7 Å². The molecule has 0 bridgehead atoms. The number of aromatic nitrogens is 1. The summed E-state index contributed by atoms with van der Waals surface area (Å²) in [5, 5.41) is 14.2. The quantitative estimate of drug-likeness (QED) is 0.274. The molecule has 1 saturated heterocycles. The van der Waals surface area contributed by atoms with Gasteiger partial charge in [-0.2, -0.15) is 17.8 Å². The highest BCUT2D eigenvalue weighted by atomic mass is 32.3. The van der Waals surface area contributed by atoms with Crippen molar-refractivity contribution in [1.82, 2.24) is 10.0 Å². The van der Waals surface area contributed by atoms with E-state index in [1.54, 1.807) is 0 Å². The number of hydrogen-bond acceptors (Lipinski definition) is 11. The molecule has 0 aliphatic carbocycles. The highest BCUT2D eigenvalue weighted by Crippen LogP contribution is 2.39. The van der Waals surface area contributed by atoms with Gasteiger partial charge in [0, 0.05) is 33.9 Å². The van der Waals surface area contributed by atoms with Crippen LogP contribution in [-0.2, 0) is 29.1 Å². The molecule has 1 aromatic heterocycles. The normalized spacial score (nSPS) is 25.8. The third-order valence-electron chi connectivity index (χ3n) is 3.69. The molecule has 2 atom stereocenters. The molecule has 0 spiro atoms. The van der Waals surface area contributed by atoms with Gasteiger partial charge in [0.2, 0.25) is 6.61 Å². The van der Waals surface area contributed by atoms with Crippen molar-refractivity contribution in [2.24, 2.45) is 11.1 Å². The van der Waals surface area contributed by atoms with Crippen molar-refractivity contribution in [1.29, 1.82) is 0 Å². The zero-order valence-electron chi connectivity index (χ0n) is 16.9. The van der Waals surface area contributed by atoms with Crippen molar-refractivity contribution in [2.45, 2.75) is 25.7 Å². The van der Waals surface area contributed by atoms with Crippen molar-refractivity contribution >= 4 is 44.3 Å². The number of nitrogens with zero attached hydrogens (tertiary/aromatic N) is 3. The number of carbonyl (C=O) groups excluding carboxylic acids is 1. The van der Waals surface area contributed by atoms with E-state index >= 15 is 0 Å². The fourth-order valence-corrected chi connectivity index (χ4v) is 3.24. The Balaban J connectivity index is 2.26. The SMILES string of the molecule is [2H]C([2H])([2H])[C@@]1(C)[C@H](CC(=O)/C(=N\OCC(=O)O)c2csc(N)n2)CN1OS(=O)(=O)O. The number of carboxylic acids is 1. The highest BCUT2D eigenvalue weighted by molar-refractivity contribution is 7.80. The smallest absolute Gasteiger partial charge is 0.413 e.